The molecule has 1 aliphatic rings. The summed E-state index contributed by atoms with van der Waals surface area (Å²) in [5, 5.41) is 0. The molecule has 1 saturated heterocycles. The van der Waals surface area contributed by atoms with Crippen molar-refractivity contribution in [3.8, 4) is 0 Å². The van der Waals surface area contributed by atoms with E-state index in [0.29, 0.717) is 19.7 Å². The molecule has 0 radical (unpaired) electrons. The first-order valence-corrected chi connectivity index (χ1v) is 10.1. The number of aromatic nitrogens is 1. The minimum Gasteiger partial charge on any atom is -0.445 e. The van der Waals surface area contributed by atoms with Crippen molar-refractivity contribution in [2.45, 2.75) is 26.9 Å². The number of piperazine rings is 1. The third-order valence-electron chi connectivity index (χ3n) is 5.02. The molecule has 0 N–H and O–H groups in total. The van der Waals surface area contributed by atoms with Gasteiger partial charge in [0.2, 0.25) is 0 Å². The van der Waals surface area contributed by atoms with E-state index in [9.17, 15) is 4.79 Å². The molecule has 1 aliphatic heterocycles. The fourth-order valence-corrected chi connectivity index (χ4v) is 3.51. The summed E-state index contributed by atoms with van der Waals surface area (Å²) in [5.41, 5.74) is 2.18. The van der Waals surface area contributed by atoms with Crippen LogP contribution in [0.3, 0.4) is 0 Å². The van der Waals surface area contributed by atoms with E-state index in [0.717, 1.165) is 44.0 Å². The zero-order chi connectivity index (χ0) is 19.8. The van der Waals surface area contributed by atoms with Crippen molar-refractivity contribution in [1.82, 2.24) is 9.88 Å². The van der Waals surface area contributed by atoms with Crippen molar-refractivity contribution in [1.29, 1.82) is 0 Å². The van der Waals surface area contributed by atoms with Gasteiger partial charge in [0.05, 0.1) is 5.69 Å². The number of pyridine rings is 1. The second kappa shape index (κ2) is 9.97. The van der Waals surface area contributed by atoms with Gasteiger partial charge in [0.1, 0.15) is 6.61 Å². The van der Waals surface area contributed by atoms with Gasteiger partial charge in [0.25, 0.3) is 0 Å². The quantitative estimate of drug-likeness (QED) is 0.729. The molecule has 0 atom stereocenters. The zero-order valence-corrected chi connectivity index (χ0v) is 16.9. The average Bonchev–Trinajstić information content (AvgIpc) is 2.76. The number of hydrogen-bond acceptors (Lipinski definition) is 5. The number of rotatable bonds is 7. The van der Waals surface area contributed by atoms with Crippen LogP contribution in [-0.4, -0.2) is 55.2 Å². The molecule has 3 rings (SSSR count). The number of ether oxygens (including phenoxy) is 1. The number of benzene rings is 1. The molecular weight excluding hydrogens is 352 g/mol. The second-order valence-electron chi connectivity index (χ2n) is 6.94. The van der Waals surface area contributed by atoms with E-state index in [1.807, 2.05) is 42.6 Å². The largest absolute Gasteiger partial charge is 0.445 e. The smallest absolute Gasteiger partial charge is 0.410 e. The minimum absolute atomic E-state index is 0.245. The van der Waals surface area contributed by atoms with Crippen molar-refractivity contribution in [2.24, 2.45) is 0 Å². The lowest BCUT2D eigenvalue weighted by molar-refractivity contribution is 0.0941. The first-order chi connectivity index (χ1) is 13.7. The molecule has 0 unspecified atom stereocenters. The Kier molecular flexibility index (Phi) is 7.12. The maximum atomic E-state index is 12.4. The fourth-order valence-electron chi connectivity index (χ4n) is 3.51. The molecular formula is C22H30N4O2. The van der Waals surface area contributed by atoms with Gasteiger partial charge < -0.3 is 19.4 Å². The summed E-state index contributed by atoms with van der Waals surface area (Å²) in [7, 11) is 0. The van der Waals surface area contributed by atoms with Crippen molar-refractivity contribution >= 4 is 17.6 Å². The molecule has 150 valence electrons. The molecule has 2 aromatic rings. The van der Waals surface area contributed by atoms with E-state index in [1.165, 1.54) is 5.69 Å². The summed E-state index contributed by atoms with van der Waals surface area (Å²) in [4.78, 5) is 23.5. The van der Waals surface area contributed by atoms with Crippen LogP contribution in [0, 0.1) is 0 Å². The Balaban J connectivity index is 1.57. The standard InChI is InChI=1S/C22H30N4O2/c1-3-13-24(4-2)20-11-8-12-23-21(20)25-14-16-26(17-15-25)22(27)28-18-19-9-6-5-7-10-19/h5-12H,3-4,13-18H2,1-2H3. The molecule has 1 aromatic heterocycles. The number of carbonyl (C=O) groups excluding carboxylic acids is 1. The van der Waals surface area contributed by atoms with Crippen LogP contribution in [0.25, 0.3) is 0 Å². The molecule has 0 spiro atoms. The fraction of sp³-hybridized carbons (Fsp3) is 0.455. The van der Waals surface area contributed by atoms with Crippen LogP contribution in [0.5, 0.6) is 0 Å². The average molecular weight is 383 g/mol. The monoisotopic (exact) mass is 382 g/mol. The van der Waals surface area contributed by atoms with Gasteiger partial charge in [-0.1, -0.05) is 37.3 Å². The van der Waals surface area contributed by atoms with E-state index in [2.05, 4.69) is 34.7 Å². The molecule has 0 saturated carbocycles. The van der Waals surface area contributed by atoms with Crippen LogP contribution in [0.4, 0.5) is 16.3 Å². The van der Waals surface area contributed by atoms with Crippen LogP contribution < -0.4 is 9.80 Å². The Hall–Kier alpha value is -2.76. The van der Waals surface area contributed by atoms with Crippen molar-refractivity contribution in [3.63, 3.8) is 0 Å². The normalized spacial score (nSPS) is 14.1. The van der Waals surface area contributed by atoms with Gasteiger partial charge in [0, 0.05) is 45.5 Å². The Morgan fingerprint density at radius 2 is 1.82 bits per heavy atom. The number of carbonyl (C=O) groups is 1. The van der Waals surface area contributed by atoms with Gasteiger partial charge in [-0.25, -0.2) is 9.78 Å². The summed E-state index contributed by atoms with van der Waals surface area (Å²) >= 11 is 0. The van der Waals surface area contributed by atoms with Crippen molar-refractivity contribution in [3.05, 3.63) is 54.2 Å². The summed E-state index contributed by atoms with van der Waals surface area (Å²) in [5.74, 6) is 1.01. The SMILES string of the molecule is CCCN(CC)c1cccnc1N1CCN(C(=O)OCc2ccccc2)CC1. The third-order valence-corrected chi connectivity index (χ3v) is 5.02. The number of amides is 1. The lowest BCUT2D eigenvalue weighted by Crippen LogP contribution is -2.49. The highest BCUT2D eigenvalue weighted by atomic mass is 16.6. The van der Waals surface area contributed by atoms with Crippen LogP contribution in [0.15, 0.2) is 48.7 Å². The molecule has 1 aromatic carbocycles. The van der Waals surface area contributed by atoms with Gasteiger partial charge in [-0.15, -0.1) is 0 Å². The lowest BCUT2D eigenvalue weighted by atomic mass is 10.2. The van der Waals surface area contributed by atoms with Gasteiger partial charge in [-0.3, -0.25) is 0 Å². The Morgan fingerprint density at radius 1 is 1.07 bits per heavy atom. The predicted molar refractivity (Wildman–Crippen MR) is 113 cm³/mol. The topological polar surface area (TPSA) is 48.9 Å². The molecule has 2 heterocycles. The van der Waals surface area contributed by atoms with Crippen molar-refractivity contribution < 1.29 is 9.53 Å². The van der Waals surface area contributed by atoms with E-state index in [1.54, 1.807) is 4.90 Å². The lowest BCUT2D eigenvalue weighted by Gasteiger charge is -2.37. The summed E-state index contributed by atoms with van der Waals surface area (Å²) in [6, 6.07) is 13.9. The van der Waals surface area contributed by atoms with E-state index < -0.39 is 0 Å². The van der Waals surface area contributed by atoms with Gasteiger partial charge in [0.15, 0.2) is 5.82 Å². The van der Waals surface area contributed by atoms with Crippen LogP contribution >= 0.6 is 0 Å². The molecule has 0 bridgehead atoms. The molecule has 6 heteroatoms. The maximum Gasteiger partial charge on any atom is 0.410 e. The van der Waals surface area contributed by atoms with E-state index in [4.69, 9.17) is 4.74 Å². The zero-order valence-electron chi connectivity index (χ0n) is 16.9. The predicted octanol–water partition coefficient (Wildman–Crippen LogP) is 3.78. The van der Waals surface area contributed by atoms with E-state index in [-0.39, 0.29) is 6.09 Å². The second-order valence-corrected chi connectivity index (χ2v) is 6.94. The van der Waals surface area contributed by atoms with Gasteiger partial charge in [-0.2, -0.15) is 0 Å². The molecule has 0 aliphatic carbocycles. The highest BCUT2D eigenvalue weighted by Crippen LogP contribution is 2.28. The Bertz CT molecular complexity index is 745. The highest BCUT2D eigenvalue weighted by molar-refractivity contribution is 5.70. The number of anilines is 2. The Morgan fingerprint density at radius 3 is 2.50 bits per heavy atom. The first kappa shape index (κ1) is 20.0. The van der Waals surface area contributed by atoms with Gasteiger partial charge in [-0.05, 0) is 31.0 Å². The summed E-state index contributed by atoms with van der Waals surface area (Å²) in [6.07, 6.45) is 2.70. The van der Waals surface area contributed by atoms with Crippen LogP contribution in [0.1, 0.15) is 25.8 Å². The minimum atomic E-state index is -0.245. The van der Waals surface area contributed by atoms with Crippen LogP contribution in [0.2, 0.25) is 0 Å². The van der Waals surface area contributed by atoms with Crippen molar-refractivity contribution in [2.75, 3.05) is 49.1 Å². The summed E-state index contributed by atoms with van der Waals surface area (Å²) in [6.45, 7) is 9.45. The van der Waals surface area contributed by atoms with Crippen LogP contribution in [-0.2, 0) is 11.3 Å². The van der Waals surface area contributed by atoms with Gasteiger partial charge >= 0.3 is 6.09 Å². The maximum absolute atomic E-state index is 12.4. The molecule has 1 amide bonds. The molecule has 6 nitrogen and oxygen atoms in total. The Labute approximate surface area is 167 Å². The highest BCUT2D eigenvalue weighted by Gasteiger charge is 2.25. The van der Waals surface area contributed by atoms with E-state index >= 15 is 0 Å². The first-order valence-electron chi connectivity index (χ1n) is 10.1. The molecule has 1 fully saturated rings. The number of nitrogens with zero attached hydrogens (tertiary/aromatic N) is 4. The third kappa shape index (κ3) is 4.94. The molecule has 28 heavy (non-hydrogen) atoms. The number of hydrogen-bond donors (Lipinski definition) is 0. The summed E-state index contributed by atoms with van der Waals surface area (Å²) < 4.78 is 5.46.